The molecule has 1 saturated heterocycles. The third-order valence-corrected chi connectivity index (χ3v) is 7.71. The van der Waals surface area contributed by atoms with Crippen LogP contribution in [0.5, 0.6) is 0 Å². The molecule has 154 valence electrons. The highest BCUT2D eigenvalue weighted by molar-refractivity contribution is 7.89. The largest absolute Gasteiger partial charge is 0.478 e. The van der Waals surface area contributed by atoms with Crippen LogP contribution in [0, 0.1) is 6.92 Å². The maximum absolute atomic E-state index is 13.4. The number of carboxylic acids is 1. The highest BCUT2D eigenvalue weighted by atomic mass is 32.2. The molecule has 2 atom stereocenters. The highest BCUT2D eigenvalue weighted by Gasteiger charge is 2.45. The Morgan fingerprint density at radius 3 is 2.43 bits per heavy atom. The lowest BCUT2D eigenvalue weighted by atomic mass is 9.86. The van der Waals surface area contributed by atoms with E-state index in [1.165, 1.54) is 6.08 Å². The fourth-order valence-corrected chi connectivity index (χ4v) is 6.05. The third-order valence-electron chi connectivity index (χ3n) is 5.82. The van der Waals surface area contributed by atoms with E-state index in [4.69, 9.17) is 0 Å². The molecule has 1 aromatic rings. The zero-order valence-corrected chi connectivity index (χ0v) is 17.5. The van der Waals surface area contributed by atoms with E-state index in [2.05, 4.69) is 11.8 Å². The van der Waals surface area contributed by atoms with Crippen LogP contribution in [0.3, 0.4) is 0 Å². The summed E-state index contributed by atoms with van der Waals surface area (Å²) in [5.74, 6) is -1.03. The first-order chi connectivity index (χ1) is 13.3. The number of benzene rings is 1. The van der Waals surface area contributed by atoms with Crippen LogP contribution in [0.25, 0.3) is 0 Å². The number of aryl methyl sites for hydroxylation is 1. The molecule has 28 heavy (non-hydrogen) atoms. The molecule has 0 aromatic heterocycles. The number of aliphatic carboxylic acids is 1. The van der Waals surface area contributed by atoms with Crippen molar-refractivity contribution >= 4 is 16.0 Å². The summed E-state index contributed by atoms with van der Waals surface area (Å²) < 4.78 is 28.4. The molecule has 3 rings (SSSR count). The number of nitrogens with zero attached hydrogens (tertiary/aromatic N) is 2. The van der Waals surface area contributed by atoms with E-state index >= 15 is 0 Å². The van der Waals surface area contributed by atoms with Gasteiger partial charge in [0.15, 0.2) is 0 Å². The SMILES string of the molecule is CCCCN1C(=CC(=O)O)CN(S(=O)(=O)c2ccc(C)cc2)C2CCCCC21. The highest BCUT2D eigenvalue weighted by Crippen LogP contribution is 2.37. The smallest absolute Gasteiger partial charge is 0.330 e. The Bertz CT molecular complexity index is 832. The Kier molecular flexibility index (Phi) is 6.45. The Labute approximate surface area is 167 Å². The van der Waals surface area contributed by atoms with Crippen molar-refractivity contribution in [1.82, 2.24) is 9.21 Å². The summed E-state index contributed by atoms with van der Waals surface area (Å²) in [6.07, 6.45) is 6.93. The van der Waals surface area contributed by atoms with E-state index in [1.54, 1.807) is 28.6 Å². The first kappa shape index (κ1) is 20.9. The van der Waals surface area contributed by atoms with Crippen molar-refractivity contribution in [2.45, 2.75) is 69.4 Å². The monoisotopic (exact) mass is 406 g/mol. The second-order valence-corrected chi connectivity index (χ2v) is 9.69. The van der Waals surface area contributed by atoms with Crippen LogP contribution in [-0.2, 0) is 14.8 Å². The predicted molar refractivity (Wildman–Crippen MR) is 108 cm³/mol. The average molecular weight is 407 g/mol. The van der Waals surface area contributed by atoms with Gasteiger partial charge in [0.05, 0.1) is 11.4 Å². The van der Waals surface area contributed by atoms with Crippen molar-refractivity contribution in [2.24, 2.45) is 0 Å². The Morgan fingerprint density at radius 2 is 1.82 bits per heavy atom. The molecule has 1 heterocycles. The number of hydrogen-bond acceptors (Lipinski definition) is 4. The Balaban J connectivity index is 2.01. The van der Waals surface area contributed by atoms with Gasteiger partial charge in [-0.3, -0.25) is 0 Å². The van der Waals surface area contributed by atoms with Crippen molar-refractivity contribution in [3.63, 3.8) is 0 Å². The van der Waals surface area contributed by atoms with Gasteiger partial charge in [0.25, 0.3) is 0 Å². The molecule has 1 saturated carbocycles. The molecule has 1 aliphatic heterocycles. The Morgan fingerprint density at radius 1 is 1.18 bits per heavy atom. The molecule has 6 nitrogen and oxygen atoms in total. The predicted octanol–water partition coefficient (Wildman–Crippen LogP) is 3.38. The molecule has 7 heteroatoms. The molecule has 0 spiro atoms. The van der Waals surface area contributed by atoms with Crippen LogP contribution in [-0.4, -0.2) is 53.9 Å². The van der Waals surface area contributed by atoms with E-state index in [0.717, 1.165) is 50.6 Å². The third kappa shape index (κ3) is 4.25. The van der Waals surface area contributed by atoms with Crippen LogP contribution in [0.4, 0.5) is 0 Å². The van der Waals surface area contributed by atoms with Crippen LogP contribution < -0.4 is 0 Å². The van der Waals surface area contributed by atoms with Crippen molar-refractivity contribution in [2.75, 3.05) is 13.1 Å². The minimum Gasteiger partial charge on any atom is -0.478 e. The fourth-order valence-electron chi connectivity index (χ4n) is 4.39. The molecule has 1 aromatic carbocycles. The summed E-state index contributed by atoms with van der Waals surface area (Å²) in [5.41, 5.74) is 1.60. The van der Waals surface area contributed by atoms with Gasteiger partial charge in [-0.2, -0.15) is 4.31 Å². The van der Waals surface area contributed by atoms with E-state index in [1.807, 2.05) is 6.92 Å². The van der Waals surface area contributed by atoms with E-state index in [9.17, 15) is 18.3 Å². The summed E-state index contributed by atoms with van der Waals surface area (Å²) in [6.45, 7) is 4.92. The van der Waals surface area contributed by atoms with Gasteiger partial charge in [-0.05, 0) is 38.3 Å². The zero-order chi connectivity index (χ0) is 20.3. The standard InChI is InChI=1S/C21H30N2O4S/c1-3-4-13-22-17(14-21(24)25)15-23(20-8-6-5-7-19(20)22)28(26,27)18-11-9-16(2)10-12-18/h9-12,14,19-20H,3-8,13,15H2,1-2H3,(H,24,25). The van der Waals surface area contributed by atoms with Gasteiger partial charge in [0, 0.05) is 30.4 Å². The maximum atomic E-state index is 13.4. The van der Waals surface area contributed by atoms with Gasteiger partial charge in [-0.1, -0.05) is 43.9 Å². The summed E-state index contributed by atoms with van der Waals surface area (Å²) in [6, 6.07) is 6.83. The maximum Gasteiger partial charge on any atom is 0.330 e. The van der Waals surface area contributed by atoms with Gasteiger partial charge in [0.1, 0.15) is 0 Å². The summed E-state index contributed by atoms with van der Waals surface area (Å²) in [5, 5.41) is 9.37. The molecule has 2 fully saturated rings. The van der Waals surface area contributed by atoms with Crippen LogP contribution in [0.2, 0.25) is 0 Å². The van der Waals surface area contributed by atoms with Gasteiger partial charge in [0.2, 0.25) is 10.0 Å². The molecule has 2 unspecified atom stereocenters. The van der Waals surface area contributed by atoms with Crippen LogP contribution in [0.1, 0.15) is 51.0 Å². The molecular formula is C21H30N2O4S. The van der Waals surface area contributed by atoms with Gasteiger partial charge >= 0.3 is 5.97 Å². The lowest BCUT2D eigenvalue weighted by molar-refractivity contribution is -0.131. The number of sulfonamides is 1. The second-order valence-electron chi connectivity index (χ2n) is 7.80. The minimum atomic E-state index is -3.69. The fraction of sp³-hybridized carbons (Fsp3) is 0.571. The normalized spacial score (nSPS) is 24.9. The average Bonchev–Trinajstić information content (AvgIpc) is 2.66. The number of hydrogen-bond donors (Lipinski definition) is 1. The van der Waals surface area contributed by atoms with Crippen LogP contribution in [0.15, 0.2) is 40.9 Å². The molecule has 1 N–H and O–H groups in total. The number of piperazine rings is 1. The van der Waals surface area contributed by atoms with Crippen LogP contribution >= 0.6 is 0 Å². The Hall–Kier alpha value is -1.86. The molecule has 2 aliphatic rings. The molecule has 0 bridgehead atoms. The summed E-state index contributed by atoms with van der Waals surface area (Å²) in [7, 11) is -3.69. The van der Waals surface area contributed by atoms with Gasteiger partial charge in [-0.25, -0.2) is 13.2 Å². The van der Waals surface area contributed by atoms with Gasteiger partial charge in [-0.15, -0.1) is 0 Å². The lowest BCUT2D eigenvalue weighted by Crippen LogP contribution is -2.61. The molecule has 0 amide bonds. The van der Waals surface area contributed by atoms with E-state index in [0.29, 0.717) is 5.70 Å². The summed E-state index contributed by atoms with van der Waals surface area (Å²) in [4.78, 5) is 13.9. The second kappa shape index (κ2) is 8.66. The first-order valence-electron chi connectivity index (χ1n) is 10.1. The zero-order valence-electron chi connectivity index (χ0n) is 16.7. The quantitative estimate of drug-likeness (QED) is 0.733. The van der Waals surface area contributed by atoms with Crippen molar-refractivity contribution in [3.05, 3.63) is 41.6 Å². The topological polar surface area (TPSA) is 77.9 Å². The first-order valence-corrected chi connectivity index (χ1v) is 11.6. The number of rotatable bonds is 6. The van der Waals surface area contributed by atoms with Crippen molar-refractivity contribution in [1.29, 1.82) is 0 Å². The molecule has 0 radical (unpaired) electrons. The number of unbranched alkanes of at least 4 members (excludes halogenated alkanes) is 1. The number of carboxylic acid groups (broad SMARTS) is 1. The van der Waals surface area contributed by atoms with E-state index in [-0.39, 0.29) is 23.5 Å². The minimum absolute atomic E-state index is 0.0415. The van der Waals surface area contributed by atoms with Crippen molar-refractivity contribution < 1.29 is 18.3 Å². The molecular weight excluding hydrogens is 376 g/mol. The molecule has 1 aliphatic carbocycles. The van der Waals surface area contributed by atoms with Gasteiger partial charge < -0.3 is 10.0 Å². The number of fused-ring (bicyclic) bond motifs is 1. The summed E-state index contributed by atoms with van der Waals surface area (Å²) >= 11 is 0. The van der Waals surface area contributed by atoms with Crippen molar-refractivity contribution in [3.8, 4) is 0 Å². The lowest BCUT2D eigenvalue weighted by Gasteiger charge is -2.51. The number of carbonyl (C=O) groups is 1. The van der Waals surface area contributed by atoms with E-state index < -0.39 is 16.0 Å².